The molecule has 130 valence electrons. The molecule has 0 bridgehead atoms. The minimum Gasteiger partial charge on any atom is -0.378 e. The molecule has 2 fully saturated rings. The first-order chi connectivity index (χ1) is 10.3. The Bertz CT molecular complexity index is 312. The average Bonchev–Trinajstić information content (AvgIpc) is 2.92. The van der Waals surface area contributed by atoms with Gasteiger partial charge in [-0.3, -0.25) is 0 Å². The second-order valence-electron chi connectivity index (χ2n) is 7.08. The second kappa shape index (κ2) is 7.55. The first-order valence-electron chi connectivity index (χ1n) is 8.05. The molecule has 2 atom stereocenters. The van der Waals surface area contributed by atoms with Gasteiger partial charge in [-0.1, -0.05) is 6.92 Å². The molecular weight excluding hydrogens is 288 g/mol. The molecule has 2 saturated heterocycles. The highest BCUT2D eigenvalue weighted by atomic mass is 16.8. The highest BCUT2D eigenvalue weighted by molar-refractivity contribution is 4.71. The van der Waals surface area contributed by atoms with Crippen LogP contribution in [0.3, 0.4) is 0 Å². The zero-order chi connectivity index (χ0) is 16.2. The molecule has 2 heterocycles. The molecule has 0 amide bonds. The Balaban J connectivity index is 1.49. The molecule has 6 nitrogen and oxygen atoms in total. The molecule has 0 aliphatic carbocycles. The molecule has 6 heteroatoms. The molecule has 22 heavy (non-hydrogen) atoms. The molecule has 0 aromatic rings. The van der Waals surface area contributed by atoms with Crippen LogP contribution in [0.25, 0.3) is 0 Å². The Morgan fingerprint density at radius 3 is 1.59 bits per heavy atom. The monoisotopic (exact) mass is 318 g/mol. The number of ether oxygens (including phenoxy) is 6. The van der Waals surface area contributed by atoms with Gasteiger partial charge in [-0.05, 0) is 27.7 Å². The van der Waals surface area contributed by atoms with Crippen LogP contribution in [0.1, 0.15) is 34.6 Å². The first-order valence-corrected chi connectivity index (χ1v) is 8.05. The fourth-order valence-corrected chi connectivity index (χ4v) is 2.54. The summed E-state index contributed by atoms with van der Waals surface area (Å²) < 4.78 is 33.7. The van der Waals surface area contributed by atoms with Crippen molar-refractivity contribution in [3.63, 3.8) is 0 Å². The topological polar surface area (TPSA) is 55.4 Å². The van der Waals surface area contributed by atoms with Crippen molar-refractivity contribution in [1.29, 1.82) is 0 Å². The predicted octanol–water partition coefficient (Wildman–Crippen LogP) is 1.96. The van der Waals surface area contributed by atoms with E-state index in [2.05, 4.69) is 6.92 Å². The minimum absolute atomic E-state index is 0.0226. The highest BCUT2D eigenvalue weighted by Gasteiger charge is 2.33. The summed E-state index contributed by atoms with van der Waals surface area (Å²) in [5, 5.41) is 0. The Morgan fingerprint density at radius 1 is 0.864 bits per heavy atom. The summed E-state index contributed by atoms with van der Waals surface area (Å²) in [7, 11) is 0. The summed E-state index contributed by atoms with van der Waals surface area (Å²) in [6, 6.07) is 0. The van der Waals surface area contributed by atoms with Gasteiger partial charge in [-0.15, -0.1) is 0 Å². The van der Waals surface area contributed by atoms with E-state index in [1.165, 1.54) is 0 Å². The van der Waals surface area contributed by atoms with E-state index in [9.17, 15) is 0 Å². The second-order valence-corrected chi connectivity index (χ2v) is 7.08. The van der Waals surface area contributed by atoms with Crippen molar-refractivity contribution in [3.05, 3.63) is 0 Å². The Kier molecular flexibility index (Phi) is 6.22. The van der Waals surface area contributed by atoms with Gasteiger partial charge in [0.15, 0.2) is 11.6 Å². The van der Waals surface area contributed by atoms with Gasteiger partial charge in [-0.2, -0.15) is 0 Å². The van der Waals surface area contributed by atoms with Gasteiger partial charge >= 0.3 is 0 Å². The highest BCUT2D eigenvalue weighted by Crippen LogP contribution is 2.23. The summed E-state index contributed by atoms with van der Waals surface area (Å²) in [4.78, 5) is 0. The molecule has 2 unspecified atom stereocenters. The molecule has 0 radical (unpaired) electrons. The number of hydrogen-bond donors (Lipinski definition) is 0. The SMILES string of the molecule is CC(COCC1COC(C)(C)O1)COCC1COC(C)(C)O1. The largest absolute Gasteiger partial charge is 0.378 e. The molecule has 0 aromatic heterocycles. The van der Waals surface area contributed by atoms with E-state index in [1.807, 2.05) is 27.7 Å². The van der Waals surface area contributed by atoms with E-state index in [0.29, 0.717) is 45.6 Å². The van der Waals surface area contributed by atoms with E-state index in [4.69, 9.17) is 28.4 Å². The van der Waals surface area contributed by atoms with Crippen LogP contribution in [-0.4, -0.2) is 63.4 Å². The summed E-state index contributed by atoms with van der Waals surface area (Å²) in [5.41, 5.74) is 0. The van der Waals surface area contributed by atoms with Crippen molar-refractivity contribution in [1.82, 2.24) is 0 Å². The van der Waals surface area contributed by atoms with Gasteiger partial charge in [0.1, 0.15) is 12.2 Å². The van der Waals surface area contributed by atoms with Crippen molar-refractivity contribution < 1.29 is 28.4 Å². The van der Waals surface area contributed by atoms with Gasteiger partial charge in [-0.25, -0.2) is 0 Å². The van der Waals surface area contributed by atoms with Gasteiger partial charge in [0.2, 0.25) is 0 Å². The van der Waals surface area contributed by atoms with Crippen molar-refractivity contribution in [2.75, 3.05) is 39.6 Å². The number of hydrogen-bond acceptors (Lipinski definition) is 6. The maximum atomic E-state index is 5.69. The van der Waals surface area contributed by atoms with Gasteiger partial charge < -0.3 is 28.4 Å². The molecule has 0 N–H and O–H groups in total. The zero-order valence-electron chi connectivity index (χ0n) is 14.4. The minimum atomic E-state index is -0.486. The van der Waals surface area contributed by atoms with Gasteiger partial charge in [0.05, 0.1) is 39.6 Å². The maximum Gasteiger partial charge on any atom is 0.163 e. The van der Waals surface area contributed by atoms with Crippen LogP contribution in [0.5, 0.6) is 0 Å². The fraction of sp³-hybridized carbons (Fsp3) is 1.00. The zero-order valence-corrected chi connectivity index (χ0v) is 14.4. The van der Waals surface area contributed by atoms with Crippen LogP contribution in [0, 0.1) is 5.92 Å². The van der Waals surface area contributed by atoms with Crippen molar-refractivity contribution in [2.45, 2.75) is 58.4 Å². The quantitative estimate of drug-likeness (QED) is 0.682. The fourth-order valence-electron chi connectivity index (χ4n) is 2.54. The smallest absolute Gasteiger partial charge is 0.163 e. The third-order valence-corrected chi connectivity index (χ3v) is 3.55. The molecule has 0 spiro atoms. The Labute approximate surface area is 133 Å². The van der Waals surface area contributed by atoms with Gasteiger partial charge in [0.25, 0.3) is 0 Å². The number of rotatable bonds is 8. The maximum absolute atomic E-state index is 5.69. The normalized spacial score (nSPS) is 31.5. The molecule has 2 aliphatic heterocycles. The van der Waals surface area contributed by atoms with Crippen LogP contribution in [0.15, 0.2) is 0 Å². The predicted molar refractivity (Wildman–Crippen MR) is 80.6 cm³/mol. The van der Waals surface area contributed by atoms with Crippen molar-refractivity contribution in [3.8, 4) is 0 Å². The summed E-state index contributed by atoms with van der Waals surface area (Å²) >= 11 is 0. The summed E-state index contributed by atoms with van der Waals surface area (Å²) in [6.45, 7) is 13.4. The van der Waals surface area contributed by atoms with Crippen LogP contribution in [0.2, 0.25) is 0 Å². The third-order valence-electron chi connectivity index (χ3n) is 3.55. The van der Waals surface area contributed by atoms with E-state index in [-0.39, 0.29) is 12.2 Å². The van der Waals surface area contributed by atoms with E-state index < -0.39 is 11.6 Å². The van der Waals surface area contributed by atoms with E-state index >= 15 is 0 Å². The van der Waals surface area contributed by atoms with Crippen LogP contribution < -0.4 is 0 Å². The summed E-state index contributed by atoms with van der Waals surface area (Å²) in [6.07, 6.45) is 0.0452. The molecule has 0 saturated carbocycles. The lowest BCUT2D eigenvalue weighted by Gasteiger charge is -2.19. The Hall–Kier alpha value is -0.240. The third kappa shape index (κ3) is 6.10. The van der Waals surface area contributed by atoms with Crippen LogP contribution >= 0.6 is 0 Å². The van der Waals surface area contributed by atoms with Crippen LogP contribution in [0.4, 0.5) is 0 Å². The van der Waals surface area contributed by atoms with Gasteiger partial charge in [0, 0.05) is 5.92 Å². The molecular formula is C16H30O6. The van der Waals surface area contributed by atoms with E-state index in [0.717, 1.165) is 0 Å². The van der Waals surface area contributed by atoms with Crippen molar-refractivity contribution in [2.24, 2.45) is 5.92 Å². The standard InChI is InChI=1S/C16H30O6/c1-12(6-17-8-13-10-19-15(2,3)21-13)7-18-9-14-11-20-16(4,5)22-14/h12-14H,6-11H2,1-5H3. The van der Waals surface area contributed by atoms with Crippen molar-refractivity contribution >= 4 is 0 Å². The lowest BCUT2D eigenvalue weighted by molar-refractivity contribution is -0.147. The molecule has 0 aromatic carbocycles. The molecule has 2 aliphatic rings. The van der Waals surface area contributed by atoms with Crippen LogP contribution in [-0.2, 0) is 28.4 Å². The average molecular weight is 318 g/mol. The first kappa shape index (κ1) is 18.1. The lowest BCUT2D eigenvalue weighted by Crippen LogP contribution is -2.26. The lowest BCUT2D eigenvalue weighted by atomic mass is 10.2. The Morgan fingerprint density at radius 2 is 1.27 bits per heavy atom. The summed E-state index contributed by atoms with van der Waals surface area (Å²) in [5.74, 6) is -0.648. The molecule has 2 rings (SSSR count). The van der Waals surface area contributed by atoms with E-state index in [1.54, 1.807) is 0 Å².